The van der Waals surface area contributed by atoms with Gasteiger partial charge in [-0.05, 0) is 61.9 Å². The fourth-order valence-corrected chi connectivity index (χ4v) is 5.79. The van der Waals surface area contributed by atoms with Gasteiger partial charge in [0.15, 0.2) is 11.5 Å². The van der Waals surface area contributed by atoms with Gasteiger partial charge in [0.1, 0.15) is 28.9 Å². The Kier molecular flexibility index (Phi) is 8.49. The Morgan fingerprint density at radius 3 is 2.56 bits per heavy atom. The number of nitrogen functional groups attached to an aromatic ring is 1. The largest absolute Gasteiger partial charge is 0.383 e. The predicted molar refractivity (Wildman–Crippen MR) is 180 cm³/mol. The number of piperazine rings is 1. The smallest absolute Gasteiger partial charge is 0.165 e. The number of pyridine rings is 2. The Bertz CT molecular complexity index is 1930. The summed E-state index contributed by atoms with van der Waals surface area (Å²) in [6.45, 7) is 11.5. The van der Waals surface area contributed by atoms with Crippen molar-refractivity contribution in [3.05, 3.63) is 115 Å². The van der Waals surface area contributed by atoms with Crippen LogP contribution in [0.2, 0.25) is 0 Å². The molecule has 1 saturated heterocycles. The molecule has 0 aliphatic carbocycles. The third-order valence-corrected chi connectivity index (χ3v) is 7.99. The summed E-state index contributed by atoms with van der Waals surface area (Å²) >= 11 is 0. The number of imidazole rings is 1. The number of aromatic nitrogens is 4. The topological polar surface area (TPSA) is 112 Å². The van der Waals surface area contributed by atoms with Crippen LogP contribution in [0.3, 0.4) is 0 Å². The third kappa shape index (κ3) is 6.23. The van der Waals surface area contributed by atoms with E-state index in [1.165, 1.54) is 5.56 Å². The van der Waals surface area contributed by atoms with Crippen LogP contribution in [0.15, 0.2) is 115 Å². The molecule has 1 unspecified atom stereocenters. The van der Waals surface area contributed by atoms with Gasteiger partial charge in [0.2, 0.25) is 0 Å². The monoisotopic (exact) mass is 593 g/mol. The van der Waals surface area contributed by atoms with Crippen molar-refractivity contribution in [2.45, 2.75) is 26.4 Å². The highest BCUT2D eigenvalue weighted by molar-refractivity contribution is 6.07. The van der Waals surface area contributed by atoms with E-state index in [1.54, 1.807) is 12.3 Å². The molecule has 2 N–H and O–H groups in total. The molecule has 0 amide bonds. The van der Waals surface area contributed by atoms with Gasteiger partial charge in [0.25, 0.3) is 0 Å². The maximum atomic E-state index is 9.34. The zero-order valence-corrected chi connectivity index (χ0v) is 25.5. The maximum Gasteiger partial charge on any atom is 0.165 e. The fourth-order valence-electron chi connectivity index (χ4n) is 5.79. The van der Waals surface area contributed by atoms with E-state index in [9.17, 15) is 5.26 Å². The van der Waals surface area contributed by atoms with E-state index in [0.29, 0.717) is 23.2 Å². The predicted octanol–water partition coefficient (Wildman–Crippen LogP) is 6.25. The molecule has 4 heterocycles. The summed E-state index contributed by atoms with van der Waals surface area (Å²) in [6.07, 6.45) is 5.20. The molecule has 0 radical (unpaired) electrons. The van der Waals surface area contributed by atoms with Gasteiger partial charge in [-0.15, -0.1) is 0 Å². The first-order valence-corrected chi connectivity index (χ1v) is 15.0. The average Bonchev–Trinajstić information content (AvgIpc) is 3.44. The van der Waals surface area contributed by atoms with Gasteiger partial charge in [-0.1, -0.05) is 55.1 Å². The van der Waals surface area contributed by atoms with Crippen molar-refractivity contribution in [2.75, 3.05) is 25.4 Å². The number of fused-ring (bicyclic) bond motifs is 1. The second kappa shape index (κ2) is 13.0. The molecule has 224 valence electrons. The summed E-state index contributed by atoms with van der Waals surface area (Å²) in [5, 5.41) is 9.34. The quantitative estimate of drug-likeness (QED) is 0.212. The lowest BCUT2D eigenvalue weighted by Gasteiger charge is -2.41. The first-order chi connectivity index (χ1) is 21.9. The van der Waals surface area contributed by atoms with Crippen LogP contribution in [-0.4, -0.2) is 60.7 Å². The third-order valence-electron chi connectivity index (χ3n) is 7.99. The second-order valence-electron chi connectivity index (χ2n) is 11.1. The van der Waals surface area contributed by atoms with Crippen molar-refractivity contribution in [2.24, 2.45) is 4.99 Å². The summed E-state index contributed by atoms with van der Waals surface area (Å²) in [4.78, 5) is 23.4. The van der Waals surface area contributed by atoms with E-state index in [0.717, 1.165) is 59.9 Å². The first-order valence-electron chi connectivity index (χ1n) is 15.0. The lowest BCUT2D eigenvalue weighted by molar-refractivity contribution is 0.105. The number of benzene rings is 2. The van der Waals surface area contributed by atoms with Gasteiger partial charge in [0.05, 0.1) is 11.3 Å². The molecule has 0 saturated carbocycles. The Morgan fingerprint density at radius 1 is 1.04 bits per heavy atom. The van der Waals surface area contributed by atoms with Crippen LogP contribution in [0.4, 0.5) is 5.82 Å². The molecular formula is C36H35N9. The molecule has 1 aliphatic heterocycles. The van der Waals surface area contributed by atoms with Crippen LogP contribution in [0, 0.1) is 11.3 Å². The molecule has 6 rings (SSSR count). The highest BCUT2D eigenvalue weighted by atomic mass is 15.3. The summed E-state index contributed by atoms with van der Waals surface area (Å²) in [5.74, 6) is 1.74. The molecule has 1 fully saturated rings. The fraction of sp³-hybridized carbons (Fsp3) is 0.194. The Labute approximate surface area is 263 Å². The van der Waals surface area contributed by atoms with Crippen molar-refractivity contribution >= 4 is 22.7 Å². The SMILES string of the molecule is C=C(/N=C(C#N)\C=C/C)N1CCN(Cc2ccc(-n3c(-c4cccnc4N)nc4ccc(-c5ccccc5)nc43)cc2)CC1C. The molecule has 0 spiro atoms. The summed E-state index contributed by atoms with van der Waals surface area (Å²) < 4.78 is 2.06. The highest BCUT2D eigenvalue weighted by Crippen LogP contribution is 2.32. The van der Waals surface area contributed by atoms with Crippen molar-refractivity contribution in [1.82, 2.24) is 29.3 Å². The normalized spacial score (nSPS) is 15.9. The second-order valence-corrected chi connectivity index (χ2v) is 11.1. The zero-order chi connectivity index (χ0) is 31.3. The standard InChI is InChI=1S/C36H35N9/c1-4-9-29(22-37)40-26(3)44-21-20-43(23-25(44)2)24-27-13-15-30(16-14-27)45-35(31-12-8-19-39-34(31)38)42-33-18-17-32(41-36(33)45)28-10-6-5-7-11-28/h4-19,25H,3,20-21,23-24H2,1-2H3,(H2,38,39)/b9-4-,40-29+. The molecule has 1 aliphatic rings. The Balaban J connectivity index is 1.27. The zero-order valence-electron chi connectivity index (χ0n) is 25.5. The first kappa shape index (κ1) is 29.5. The van der Waals surface area contributed by atoms with Crippen molar-refractivity contribution < 1.29 is 0 Å². The molecule has 9 heteroatoms. The summed E-state index contributed by atoms with van der Waals surface area (Å²) in [7, 11) is 0. The molecule has 45 heavy (non-hydrogen) atoms. The van der Waals surface area contributed by atoms with Gasteiger partial charge in [0, 0.05) is 49.7 Å². The van der Waals surface area contributed by atoms with E-state index in [-0.39, 0.29) is 6.04 Å². The van der Waals surface area contributed by atoms with Gasteiger partial charge in [-0.2, -0.15) is 5.26 Å². The molecule has 1 atom stereocenters. The number of rotatable bonds is 8. The van der Waals surface area contributed by atoms with E-state index in [2.05, 4.69) is 80.3 Å². The van der Waals surface area contributed by atoms with Crippen LogP contribution in [0.25, 0.3) is 39.5 Å². The number of anilines is 1. The minimum atomic E-state index is 0.217. The van der Waals surface area contributed by atoms with Crippen LogP contribution < -0.4 is 5.73 Å². The number of nitrogens with two attached hydrogens (primary N) is 1. The molecule has 3 aromatic heterocycles. The Morgan fingerprint density at radius 2 is 1.84 bits per heavy atom. The number of nitriles is 1. The summed E-state index contributed by atoms with van der Waals surface area (Å²) in [5.41, 5.74) is 13.1. The van der Waals surface area contributed by atoms with E-state index >= 15 is 0 Å². The van der Waals surface area contributed by atoms with Crippen molar-refractivity contribution in [1.29, 1.82) is 5.26 Å². The van der Waals surface area contributed by atoms with Crippen molar-refractivity contribution in [3.8, 4) is 34.4 Å². The van der Waals surface area contributed by atoms with Gasteiger partial charge in [-0.3, -0.25) is 9.47 Å². The lowest BCUT2D eigenvalue weighted by Crippen LogP contribution is -2.50. The maximum absolute atomic E-state index is 9.34. The van der Waals surface area contributed by atoms with Crippen molar-refractivity contribution in [3.63, 3.8) is 0 Å². The Hall–Kier alpha value is -5.59. The number of aliphatic imine (C=N–C) groups is 1. The van der Waals surface area contributed by atoms with E-state index in [4.69, 9.17) is 15.7 Å². The summed E-state index contributed by atoms with van der Waals surface area (Å²) in [6, 6.07) is 28.9. The van der Waals surface area contributed by atoms with Gasteiger partial charge < -0.3 is 10.6 Å². The van der Waals surface area contributed by atoms with E-state index < -0.39 is 0 Å². The molecular weight excluding hydrogens is 558 g/mol. The minimum Gasteiger partial charge on any atom is -0.383 e. The molecule has 0 bridgehead atoms. The number of allylic oxidation sites excluding steroid dienone is 2. The van der Waals surface area contributed by atoms with Gasteiger partial charge >= 0.3 is 0 Å². The number of nitrogens with zero attached hydrogens (tertiary/aromatic N) is 8. The molecule has 9 nitrogen and oxygen atoms in total. The van der Waals surface area contributed by atoms with Crippen LogP contribution in [0.1, 0.15) is 19.4 Å². The van der Waals surface area contributed by atoms with Crippen LogP contribution >= 0.6 is 0 Å². The number of hydrogen-bond donors (Lipinski definition) is 1. The average molecular weight is 594 g/mol. The molecule has 5 aromatic rings. The minimum absolute atomic E-state index is 0.217. The van der Waals surface area contributed by atoms with Crippen LogP contribution in [0.5, 0.6) is 0 Å². The number of hydrogen-bond acceptors (Lipinski definition) is 8. The van der Waals surface area contributed by atoms with E-state index in [1.807, 2.05) is 55.5 Å². The van der Waals surface area contributed by atoms with Gasteiger partial charge in [-0.25, -0.2) is 19.9 Å². The lowest BCUT2D eigenvalue weighted by atomic mass is 10.1. The van der Waals surface area contributed by atoms with Crippen LogP contribution in [-0.2, 0) is 6.54 Å². The molecule has 2 aromatic carbocycles. The highest BCUT2D eigenvalue weighted by Gasteiger charge is 2.25.